The van der Waals surface area contributed by atoms with Gasteiger partial charge in [0.2, 0.25) is 5.91 Å². The number of esters is 1. The van der Waals surface area contributed by atoms with Gasteiger partial charge in [0.25, 0.3) is 0 Å². The molecule has 0 radical (unpaired) electrons. The smallest absolute Gasteiger partial charge is 0.341 e. The van der Waals surface area contributed by atoms with Crippen molar-refractivity contribution in [1.82, 2.24) is 0 Å². The number of thiophene rings is 1. The highest BCUT2D eigenvalue weighted by Gasteiger charge is 2.23. The summed E-state index contributed by atoms with van der Waals surface area (Å²) in [4.78, 5) is 25.3. The minimum absolute atomic E-state index is 0.158. The summed E-state index contributed by atoms with van der Waals surface area (Å²) < 4.78 is 5.28. The summed E-state index contributed by atoms with van der Waals surface area (Å²) >= 11 is 7.35. The third-order valence-corrected chi connectivity index (χ3v) is 5.86. The van der Waals surface area contributed by atoms with Gasteiger partial charge in [0.1, 0.15) is 10.6 Å². The first-order chi connectivity index (χ1) is 14.4. The van der Waals surface area contributed by atoms with Crippen LogP contribution < -0.4 is 5.32 Å². The van der Waals surface area contributed by atoms with E-state index in [1.54, 1.807) is 13.0 Å². The van der Waals surface area contributed by atoms with Gasteiger partial charge in [-0.1, -0.05) is 47.5 Å². The van der Waals surface area contributed by atoms with E-state index in [2.05, 4.69) is 11.4 Å². The molecule has 1 amide bonds. The zero-order valence-corrected chi connectivity index (χ0v) is 18.8. The molecule has 0 unspecified atom stereocenters. The van der Waals surface area contributed by atoms with Crippen molar-refractivity contribution >= 4 is 39.8 Å². The van der Waals surface area contributed by atoms with Crippen molar-refractivity contribution in [2.24, 2.45) is 0 Å². The Labute approximate surface area is 185 Å². The summed E-state index contributed by atoms with van der Waals surface area (Å²) in [6.45, 7) is 6.08. The second-order valence-corrected chi connectivity index (χ2v) is 8.39. The maximum absolute atomic E-state index is 12.7. The SMILES string of the molecule is CCOC(=O)c1c(-c2ccc(C)cc2C)csc1NC(=O)CCc1cccc(Cl)c1. The van der Waals surface area contributed by atoms with Crippen LogP contribution in [0.15, 0.2) is 47.8 Å². The summed E-state index contributed by atoms with van der Waals surface area (Å²) in [5.41, 5.74) is 5.35. The highest BCUT2D eigenvalue weighted by molar-refractivity contribution is 7.15. The molecule has 2 aromatic carbocycles. The van der Waals surface area contributed by atoms with Crippen LogP contribution in [0.5, 0.6) is 0 Å². The van der Waals surface area contributed by atoms with Crippen LogP contribution in [0.2, 0.25) is 5.02 Å². The zero-order chi connectivity index (χ0) is 21.7. The number of halogens is 1. The van der Waals surface area contributed by atoms with Gasteiger partial charge >= 0.3 is 5.97 Å². The first-order valence-corrected chi connectivity index (χ1v) is 11.0. The number of ether oxygens (including phenoxy) is 1. The minimum atomic E-state index is -0.432. The standard InChI is InChI=1S/C24H24ClNO3S/c1-4-29-24(28)22-20(19-10-8-15(2)12-16(19)3)14-30-23(22)26-21(27)11-9-17-6-5-7-18(25)13-17/h5-8,10,12-14H,4,9,11H2,1-3H3,(H,26,27). The summed E-state index contributed by atoms with van der Waals surface area (Å²) in [6, 6.07) is 13.5. The minimum Gasteiger partial charge on any atom is -0.462 e. The fourth-order valence-electron chi connectivity index (χ4n) is 3.31. The van der Waals surface area contributed by atoms with E-state index in [4.69, 9.17) is 16.3 Å². The molecule has 0 spiro atoms. The maximum Gasteiger partial charge on any atom is 0.341 e. The molecule has 0 saturated carbocycles. The van der Waals surface area contributed by atoms with Crippen molar-refractivity contribution in [3.8, 4) is 11.1 Å². The van der Waals surface area contributed by atoms with Gasteiger partial charge in [-0.3, -0.25) is 4.79 Å². The molecule has 4 nitrogen and oxygen atoms in total. The van der Waals surface area contributed by atoms with Crippen molar-refractivity contribution < 1.29 is 14.3 Å². The van der Waals surface area contributed by atoms with Gasteiger partial charge in [-0.05, 0) is 56.0 Å². The Balaban J connectivity index is 1.84. The van der Waals surface area contributed by atoms with E-state index in [1.165, 1.54) is 11.3 Å². The number of nitrogens with one attached hydrogen (secondary N) is 1. The highest BCUT2D eigenvalue weighted by Crippen LogP contribution is 2.38. The first-order valence-electron chi connectivity index (χ1n) is 9.79. The van der Waals surface area contributed by atoms with Gasteiger partial charge in [0.05, 0.1) is 6.61 Å². The molecular formula is C24H24ClNO3S. The van der Waals surface area contributed by atoms with Gasteiger partial charge in [-0.15, -0.1) is 11.3 Å². The second kappa shape index (κ2) is 9.92. The Morgan fingerprint density at radius 2 is 1.90 bits per heavy atom. The molecule has 1 heterocycles. The number of carbonyl (C=O) groups is 2. The molecule has 3 rings (SSSR count). The number of amides is 1. The van der Waals surface area contributed by atoms with Crippen LogP contribution in [0.25, 0.3) is 11.1 Å². The van der Waals surface area contributed by atoms with Crippen molar-refractivity contribution in [3.05, 3.63) is 75.1 Å². The van der Waals surface area contributed by atoms with Gasteiger partial charge in [-0.2, -0.15) is 0 Å². The number of hydrogen-bond acceptors (Lipinski definition) is 4. The number of hydrogen-bond donors (Lipinski definition) is 1. The van der Waals surface area contributed by atoms with E-state index in [0.29, 0.717) is 28.4 Å². The topological polar surface area (TPSA) is 55.4 Å². The fourth-order valence-corrected chi connectivity index (χ4v) is 4.49. The monoisotopic (exact) mass is 441 g/mol. The molecule has 0 aliphatic heterocycles. The molecule has 30 heavy (non-hydrogen) atoms. The predicted octanol–water partition coefficient (Wildman–Crippen LogP) is 6.43. The van der Waals surface area contributed by atoms with Crippen molar-refractivity contribution in [2.75, 3.05) is 11.9 Å². The first kappa shape index (κ1) is 22.1. The lowest BCUT2D eigenvalue weighted by molar-refractivity contribution is -0.116. The van der Waals surface area contributed by atoms with Crippen LogP contribution in [-0.2, 0) is 16.0 Å². The average molecular weight is 442 g/mol. The molecule has 6 heteroatoms. The van der Waals surface area contributed by atoms with Crippen LogP contribution in [0.3, 0.4) is 0 Å². The van der Waals surface area contributed by atoms with Gasteiger partial charge in [-0.25, -0.2) is 4.79 Å². The van der Waals surface area contributed by atoms with Crippen LogP contribution >= 0.6 is 22.9 Å². The molecule has 0 saturated heterocycles. The molecule has 0 bridgehead atoms. The van der Waals surface area contributed by atoms with Crippen LogP contribution in [0.1, 0.15) is 40.4 Å². The third-order valence-electron chi connectivity index (χ3n) is 4.73. The Hall–Kier alpha value is -2.63. The fraction of sp³-hybridized carbons (Fsp3) is 0.250. The molecule has 0 fully saturated rings. The lowest BCUT2D eigenvalue weighted by Crippen LogP contribution is -2.15. The van der Waals surface area contributed by atoms with E-state index in [-0.39, 0.29) is 12.5 Å². The zero-order valence-electron chi connectivity index (χ0n) is 17.3. The Morgan fingerprint density at radius 1 is 1.10 bits per heavy atom. The molecule has 0 aliphatic rings. The Morgan fingerprint density at radius 3 is 2.60 bits per heavy atom. The van der Waals surface area contributed by atoms with Gasteiger partial charge in [0.15, 0.2) is 0 Å². The summed E-state index contributed by atoms with van der Waals surface area (Å²) in [7, 11) is 0. The summed E-state index contributed by atoms with van der Waals surface area (Å²) in [6.07, 6.45) is 0.857. The van der Waals surface area contributed by atoms with Crippen LogP contribution in [-0.4, -0.2) is 18.5 Å². The molecule has 1 aromatic heterocycles. The van der Waals surface area contributed by atoms with E-state index < -0.39 is 5.97 Å². The predicted molar refractivity (Wildman–Crippen MR) is 124 cm³/mol. The number of rotatable bonds is 7. The number of benzene rings is 2. The number of aryl methyl sites for hydroxylation is 3. The van der Waals surface area contributed by atoms with Crippen LogP contribution in [0.4, 0.5) is 5.00 Å². The van der Waals surface area contributed by atoms with E-state index in [1.807, 2.05) is 49.6 Å². The second-order valence-electron chi connectivity index (χ2n) is 7.07. The molecule has 3 aromatic rings. The van der Waals surface area contributed by atoms with E-state index in [9.17, 15) is 9.59 Å². The normalized spacial score (nSPS) is 10.7. The van der Waals surface area contributed by atoms with Crippen molar-refractivity contribution in [1.29, 1.82) is 0 Å². The number of anilines is 1. The Kier molecular flexibility index (Phi) is 7.29. The quantitative estimate of drug-likeness (QED) is 0.429. The lowest BCUT2D eigenvalue weighted by Gasteiger charge is -2.11. The van der Waals surface area contributed by atoms with Gasteiger partial charge in [0, 0.05) is 22.4 Å². The number of carbonyl (C=O) groups excluding carboxylic acids is 2. The lowest BCUT2D eigenvalue weighted by atomic mass is 9.97. The van der Waals surface area contributed by atoms with Gasteiger partial charge < -0.3 is 10.1 Å². The molecule has 0 atom stereocenters. The molecular weight excluding hydrogens is 418 g/mol. The molecule has 1 N–H and O–H groups in total. The maximum atomic E-state index is 12.7. The molecule has 156 valence electrons. The van der Waals surface area contributed by atoms with E-state index >= 15 is 0 Å². The third kappa shape index (κ3) is 5.29. The van der Waals surface area contributed by atoms with Crippen molar-refractivity contribution in [2.45, 2.75) is 33.6 Å². The largest absolute Gasteiger partial charge is 0.462 e. The average Bonchev–Trinajstić information content (AvgIpc) is 3.10. The summed E-state index contributed by atoms with van der Waals surface area (Å²) in [5, 5.41) is 5.96. The Bertz CT molecular complexity index is 1070. The van der Waals surface area contributed by atoms with E-state index in [0.717, 1.165) is 27.8 Å². The van der Waals surface area contributed by atoms with Crippen LogP contribution in [0, 0.1) is 13.8 Å². The van der Waals surface area contributed by atoms with Crippen molar-refractivity contribution in [3.63, 3.8) is 0 Å². The summed E-state index contributed by atoms with van der Waals surface area (Å²) in [5.74, 6) is -0.589. The molecule has 0 aliphatic carbocycles. The highest BCUT2D eigenvalue weighted by atomic mass is 35.5.